The van der Waals surface area contributed by atoms with Crippen LogP contribution in [0.5, 0.6) is 17.2 Å². The Balaban J connectivity index is 1.57. The molecule has 0 fully saturated rings. The summed E-state index contributed by atoms with van der Waals surface area (Å²) in [5.41, 5.74) is 4.21. The Kier molecular flexibility index (Phi) is 8.98. The summed E-state index contributed by atoms with van der Waals surface area (Å²) in [6.07, 6.45) is 0.796. The molecule has 1 unspecified atom stereocenters. The molecule has 0 saturated heterocycles. The number of benzene rings is 3. The molecule has 1 N–H and O–H groups in total. The van der Waals surface area contributed by atoms with Crippen LogP contribution >= 0.6 is 23.2 Å². The molecule has 0 aromatic heterocycles. The fourth-order valence-corrected chi connectivity index (χ4v) is 3.02. The van der Waals surface area contributed by atoms with Gasteiger partial charge in [-0.05, 0) is 79.6 Å². The lowest BCUT2D eigenvalue weighted by Crippen LogP contribution is -2.33. The SMILES string of the molecule is CCOc1cc(/C=N/NC(=O)C(C)Oc2ccc(Cl)cc2)ccc1OCc1ccc(Cl)cc1. The molecule has 0 heterocycles. The third-order valence-electron chi connectivity index (χ3n) is 4.46. The molecule has 0 spiro atoms. The molecule has 0 aliphatic heterocycles. The van der Waals surface area contributed by atoms with E-state index in [-0.39, 0.29) is 5.91 Å². The number of nitrogens with one attached hydrogen (secondary N) is 1. The second-order valence-corrected chi connectivity index (χ2v) is 7.88. The van der Waals surface area contributed by atoms with Crippen molar-refractivity contribution >= 4 is 35.3 Å². The lowest BCUT2D eigenvalue weighted by atomic mass is 10.2. The van der Waals surface area contributed by atoms with Crippen LogP contribution in [0.2, 0.25) is 10.0 Å². The molecule has 33 heavy (non-hydrogen) atoms. The lowest BCUT2D eigenvalue weighted by molar-refractivity contribution is -0.127. The standard InChI is InChI=1S/C25H24Cl2N2O4/c1-3-31-24-14-19(6-13-23(24)32-16-18-4-7-20(26)8-5-18)15-28-29-25(30)17(2)33-22-11-9-21(27)10-12-22/h4-15,17H,3,16H2,1-2H3,(H,29,30)/b28-15+. The van der Waals surface area contributed by atoms with Crippen molar-refractivity contribution in [2.75, 3.05) is 6.61 Å². The highest BCUT2D eigenvalue weighted by atomic mass is 35.5. The molecule has 3 aromatic carbocycles. The Morgan fingerprint density at radius 2 is 1.64 bits per heavy atom. The Morgan fingerprint density at radius 1 is 0.970 bits per heavy atom. The zero-order valence-electron chi connectivity index (χ0n) is 18.3. The van der Waals surface area contributed by atoms with E-state index in [1.807, 2.05) is 37.3 Å². The number of halogens is 2. The van der Waals surface area contributed by atoms with Gasteiger partial charge in [0.2, 0.25) is 0 Å². The summed E-state index contributed by atoms with van der Waals surface area (Å²) in [4.78, 5) is 12.2. The van der Waals surface area contributed by atoms with E-state index in [4.69, 9.17) is 37.4 Å². The minimum atomic E-state index is -0.731. The number of amides is 1. The van der Waals surface area contributed by atoms with E-state index in [1.54, 1.807) is 43.3 Å². The van der Waals surface area contributed by atoms with Crippen LogP contribution in [0.15, 0.2) is 71.8 Å². The van der Waals surface area contributed by atoms with Gasteiger partial charge in [-0.2, -0.15) is 5.10 Å². The fourth-order valence-electron chi connectivity index (χ4n) is 2.77. The Morgan fingerprint density at radius 3 is 2.30 bits per heavy atom. The van der Waals surface area contributed by atoms with E-state index in [9.17, 15) is 4.79 Å². The summed E-state index contributed by atoms with van der Waals surface area (Å²) < 4.78 is 17.2. The summed E-state index contributed by atoms with van der Waals surface area (Å²) in [5.74, 6) is 1.36. The van der Waals surface area contributed by atoms with Crippen LogP contribution in [0.1, 0.15) is 25.0 Å². The zero-order valence-corrected chi connectivity index (χ0v) is 19.8. The molecule has 3 aromatic rings. The van der Waals surface area contributed by atoms with Crippen LogP contribution in [-0.4, -0.2) is 24.8 Å². The zero-order chi connectivity index (χ0) is 23.6. The Hall–Kier alpha value is -3.22. The second-order valence-electron chi connectivity index (χ2n) is 7.00. The molecule has 1 atom stereocenters. The maximum absolute atomic E-state index is 12.2. The minimum Gasteiger partial charge on any atom is -0.490 e. The first-order valence-electron chi connectivity index (χ1n) is 10.3. The molecule has 1 amide bonds. The summed E-state index contributed by atoms with van der Waals surface area (Å²) in [6.45, 7) is 4.39. The van der Waals surface area contributed by atoms with Crippen LogP contribution in [0.4, 0.5) is 0 Å². The summed E-state index contributed by atoms with van der Waals surface area (Å²) >= 11 is 11.8. The number of hydrogen-bond acceptors (Lipinski definition) is 5. The Bertz CT molecular complexity index is 1090. The number of hydrogen-bond donors (Lipinski definition) is 1. The molecule has 6 nitrogen and oxygen atoms in total. The van der Waals surface area contributed by atoms with E-state index >= 15 is 0 Å². The highest BCUT2D eigenvalue weighted by Crippen LogP contribution is 2.29. The van der Waals surface area contributed by atoms with Crippen molar-refractivity contribution < 1.29 is 19.0 Å². The van der Waals surface area contributed by atoms with Gasteiger partial charge < -0.3 is 14.2 Å². The predicted octanol–water partition coefficient (Wildman–Crippen LogP) is 5.89. The number of hydrazone groups is 1. The van der Waals surface area contributed by atoms with Gasteiger partial charge in [0.25, 0.3) is 5.91 Å². The van der Waals surface area contributed by atoms with Crippen LogP contribution in [0.3, 0.4) is 0 Å². The van der Waals surface area contributed by atoms with Crippen molar-refractivity contribution in [2.24, 2.45) is 5.10 Å². The van der Waals surface area contributed by atoms with Gasteiger partial charge in [0.05, 0.1) is 12.8 Å². The molecule has 8 heteroatoms. The largest absolute Gasteiger partial charge is 0.490 e. The van der Waals surface area contributed by atoms with Gasteiger partial charge in [-0.25, -0.2) is 5.43 Å². The first-order chi connectivity index (χ1) is 15.9. The van der Waals surface area contributed by atoms with E-state index < -0.39 is 6.10 Å². The van der Waals surface area contributed by atoms with Gasteiger partial charge in [-0.15, -0.1) is 0 Å². The van der Waals surface area contributed by atoms with E-state index in [0.717, 1.165) is 11.1 Å². The number of nitrogens with zero attached hydrogens (tertiary/aromatic N) is 1. The molecule has 0 aliphatic carbocycles. The maximum Gasteiger partial charge on any atom is 0.280 e. The van der Waals surface area contributed by atoms with Crippen LogP contribution in [0.25, 0.3) is 0 Å². The third-order valence-corrected chi connectivity index (χ3v) is 4.96. The van der Waals surface area contributed by atoms with E-state index in [2.05, 4.69) is 10.5 Å². The second kappa shape index (κ2) is 12.1. The van der Waals surface area contributed by atoms with Crippen LogP contribution in [-0.2, 0) is 11.4 Å². The fraction of sp³-hybridized carbons (Fsp3) is 0.200. The van der Waals surface area contributed by atoms with Crippen molar-refractivity contribution in [2.45, 2.75) is 26.6 Å². The van der Waals surface area contributed by atoms with Crippen molar-refractivity contribution in [3.8, 4) is 17.2 Å². The number of rotatable bonds is 10. The van der Waals surface area contributed by atoms with Gasteiger partial charge in [-0.3, -0.25) is 4.79 Å². The molecule has 0 radical (unpaired) electrons. The highest BCUT2D eigenvalue weighted by molar-refractivity contribution is 6.30. The topological polar surface area (TPSA) is 69.2 Å². The van der Waals surface area contributed by atoms with Gasteiger partial charge in [0, 0.05) is 10.0 Å². The molecule has 0 saturated carbocycles. The first-order valence-corrected chi connectivity index (χ1v) is 11.1. The quantitative estimate of drug-likeness (QED) is 0.286. The average molecular weight is 487 g/mol. The average Bonchev–Trinajstić information content (AvgIpc) is 2.81. The van der Waals surface area contributed by atoms with Gasteiger partial charge in [-0.1, -0.05) is 35.3 Å². The first kappa shape index (κ1) is 24.4. The van der Waals surface area contributed by atoms with Crippen molar-refractivity contribution in [3.63, 3.8) is 0 Å². The number of ether oxygens (including phenoxy) is 3. The van der Waals surface area contributed by atoms with E-state index in [1.165, 1.54) is 6.21 Å². The summed E-state index contributed by atoms with van der Waals surface area (Å²) in [6, 6.07) is 19.6. The monoisotopic (exact) mass is 486 g/mol. The highest BCUT2D eigenvalue weighted by Gasteiger charge is 2.14. The summed E-state index contributed by atoms with van der Waals surface area (Å²) in [7, 11) is 0. The normalized spacial score (nSPS) is 11.8. The predicted molar refractivity (Wildman–Crippen MR) is 131 cm³/mol. The molecule has 172 valence electrons. The van der Waals surface area contributed by atoms with Crippen LogP contribution in [0, 0.1) is 0 Å². The number of carbonyl (C=O) groups is 1. The lowest BCUT2D eigenvalue weighted by Gasteiger charge is -2.13. The van der Waals surface area contributed by atoms with Gasteiger partial charge in [0.15, 0.2) is 17.6 Å². The molecule has 0 aliphatic rings. The van der Waals surface area contributed by atoms with Gasteiger partial charge >= 0.3 is 0 Å². The third kappa shape index (κ3) is 7.70. The van der Waals surface area contributed by atoms with Crippen LogP contribution < -0.4 is 19.6 Å². The van der Waals surface area contributed by atoms with E-state index in [0.29, 0.717) is 40.5 Å². The molecule has 3 rings (SSSR count). The molecular formula is C25H24Cl2N2O4. The summed E-state index contributed by atoms with van der Waals surface area (Å²) in [5, 5.41) is 5.29. The minimum absolute atomic E-state index is 0.380. The van der Waals surface area contributed by atoms with Gasteiger partial charge in [0.1, 0.15) is 12.4 Å². The number of carbonyl (C=O) groups excluding carboxylic acids is 1. The molecular weight excluding hydrogens is 463 g/mol. The Labute approximate surface area is 203 Å². The smallest absolute Gasteiger partial charge is 0.280 e. The molecule has 0 bridgehead atoms. The maximum atomic E-state index is 12.2. The van der Waals surface area contributed by atoms with Crippen molar-refractivity contribution in [1.29, 1.82) is 0 Å². The van der Waals surface area contributed by atoms with Crippen molar-refractivity contribution in [3.05, 3.63) is 87.9 Å². The van der Waals surface area contributed by atoms with Crippen molar-refractivity contribution in [1.82, 2.24) is 5.43 Å².